The molecule has 4 rings (SSSR count). The number of carboxylic acids is 1. The second kappa shape index (κ2) is 7.02. The van der Waals surface area contributed by atoms with Crippen LogP contribution in [-0.4, -0.2) is 23.1 Å². The largest absolute Gasteiger partial charge is 0.481 e. The van der Waals surface area contributed by atoms with E-state index in [0.29, 0.717) is 23.2 Å². The minimum absolute atomic E-state index is 0.119. The standard InChI is InChI=1S/C24H38O4/c1-14(22(26)27)19-7-8-20-18-6-5-16-13-17(28-15(2)25)9-11-23(16,3)21(18)10-12-24(19,20)4/h14,16-21H,5-13H2,1-4H3,(H,26,27)/t14-,16+,17-,18-,19+,20-,21-,23-,24+/m0/s1. The molecule has 4 heteroatoms. The number of carbonyl (C=O) groups excluding carboxylic acids is 1. The SMILES string of the molecule is CC(=O)O[C@H]1CC[C@@]2(C)[C@H](CC[C@@H]3[C@@H]2CC[C@]2(C)[C@@H]([C@H](C)C(=O)O)CC[C@@H]32)C1. The van der Waals surface area contributed by atoms with Crippen molar-refractivity contribution in [3.8, 4) is 0 Å². The van der Waals surface area contributed by atoms with Gasteiger partial charge in [-0.1, -0.05) is 20.8 Å². The molecule has 4 fully saturated rings. The summed E-state index contributed by atoms with van der Waals surface area (Å²) in [5.41, 5.74) is 0.578. The number of ether oxygens (including phenoxy) is 1. The lowest BCUT2D eigenvalue weighted by atomic mass is 9.44. The molecule has 28 heavy (non-hydrogen) atoms. The molecule has 0 saturated heterocycles. The fraction of sp³-hybridized carbons (Fsp3) is 0.917. The smallest absolute Gasteiger partial charge is 0.306 e. The van der Waals surface area contributed by atoms with Gasteiger partial charge >= 0.3 is 11.9 Å². The number of carboxylic acid groups (broad SMARTS) is 1. The number of esters is 1. The fourth-order valence-electron chi connectivity index (χ4n) is 8.59. The minimum Gasteiger partial charge on any atom is -0.481 e. The summed E-state index contributed by atoms with van der Waals surface area (Å²) in [6, 6.07) is 0. The summed E-state index contributed by atoms with van der Waals surface area (Å²) in [5, 5.41) is 9.63. The average Bonchev–Trinajstić information content (AvgIpc) is 2.98. The van der Waals surface area contributed by atoms with Crippen LogP contribution in [0.25, 0.3) is 0 Å². The van der Waals surface area contributed by atoms with Crippen LogP contribution in [0.4, 0.5) is 0 Å². The Bertz CT molecular complexity index is 645. The highest BCUT2D eigenvalue weighted by molar-refractivity contribution is 5.70. The lowest BCUT2D eigenvalue weighted by Crippen LogP contribution is -2.54. The predicted molar refractivity (Wildman–Crippen MR) is 108 cm³/mol. The van der Waals surface area contributed by atoms with Crippen molar-refractivity contribution in [2.75, 3.05) is 0 Å². The van der Waals surface area contributed by atoms with E-state index >= 15 is 0 Å². The fourth-order valence-corrected chi connectivity index (χ4v) is 8.59. The first kappa shape index (κ1) is 20.2. The topological polar surface area (TPSA) is 63.6 Å². The van der Waals surface area contributed by atoms with E-state index in [-0.39, 0.29) is 23.4 Å². The van der Waals surface area contributed by atoms with Gasteiger partial charge in [-0.25, -0.2) is 0 Å². The highest BCUT2D eigenvalue weighted by atomic mass is 16.5. The summed E-state index contributed by atoms with van der Waals surface area (Å²) in [4.78, 5) is 23.1. The van der Waals surface area contributed by atoms with E-state index in [0.717, 1.165) is 31.1 Å². The zero-order valence-corrected chi connectivity index (χ0v) is 18.1. The first-order chi connectivity index (χ1) is 13.2. The number of hydrogen-bond donors (Lipinski definition) is 1. The van der Waals surface area contributed by atoms with Gasteiger partial charge in [-0.15, -0.1) is 0 Å². The predicted octanol–water partition coefficient (Wildman–Crippen LogP) is 5.30. The molecule has 0 amide bonds. The van der Waals surface area contributed by atoms with Gasteiger partial charge in [0.2, 0.25) is 0 Å². The summed E-state index contributed by atoms with van der Waals surface area (Å²) < 4.78 is 5.57. The summed E-state index contributed by atoms with van der Waals surface area (Å²) >= 11 is 0. The highest BCUT2D eigenvalue weighted by Crippen LogP contribution is 2.68. The number of fused-ring (bicyclic) bond motifs is 5. The second-order valence-electron chi connectivity index (χ2n) is 11.0. The summed E-state index contributed by atoms with van der Waals surface area (Å²) in [6.07, 6.45) is 10.6. The number of rotatable bonds is 3. The molecule has 0 aliphatic heterocycles. The number of hydrogen-bond acceptors (Lipinski definition) is 3. The molecule has 158 valence electrons. The van der Waals surface area contributed by atoms with Crippen LogP contribution in [0.3, 0.4) is 0 Å². The first-order valence-corrected chi connectivity index (χ1v) is 11.6. The van der Waals surface area contributed by atoms with Crippen LogP contribution >= 0.6 is 0 Å². The molecule has 4 saturated carbocycles. The third-order valence-corrected chi connectivity index (χ3v) is 10.0. The summed E-state index contributed by atoms with van der Waals surface area (Å²) in [5.74, 6) is 2.25. The third kappa shape index (κ3) is 3.01. The van der Waals surface area contributed by atoms with Crippen LogP contribution in [0, 0.1) is 46.3 Å². The van der Waals surface area contributed by atoms with Crippen molar-refractivity contribution in [2.45, 2.75) is 91.6 Å². The zero-order valence-electron chi connectivity index (χ0n) is 18.1. The normalized spacial score (nSPS) is 48.7. The van der Waals surface area contributed by atoms with Crippen molar-refractivity contribution in [1.82, 2.24) is 0 Å². The minimum atomic E-state index is -0.617. The molecule has 0 radical (unpaired) electrons. The molecule has 4 aliphatic rings. The highest BCUT2D eigenvalue weighted by Gasteiger charge is 2.61. The van der Waals surface area contributed by atoms with E-state index in [4.69, 9.17) is 4.74 Å². The molecule has 9 atom stereocenters. The van der Waals surface area contributed by atoms with E-state index in [1.165, 1.54) is 45.4 Å². The van der Waals surface area contributed by atoms with Gasteiger partial charge in [0.15, 0.2) is 0 Å². The van der Waals surface area contributed by atoms with Gasteiger partial charge in [-0.2, -0.15) is 0 Å². The number of aliphatic carboxylic acids is 1. The van der Waals surface area contributed by atoms with Crippen LogP contribution in [0.2, 0.25) is 0 Å². The Morgan fingerprint density at radius 3 is 2.32 bits per heavy atom. The van der Waals surface area contributed by atoms with Crippen molar-refractivity contribution < 1.29 is 19.4 Å². The van der Waals surface area contributed by atoms with Gasteiger partial charge in [0, 0.05) is 6.92 Å². The average molecular weight is 391 g/mol. The van der Waals surface area contributed by atoms with Crippen LogP contribution in [-0.2, 0) is 14.3 Å². The van der Waals surface area contributed by atoms with Crippen molar-refractivity contribution >= 4 is 11.9 Å². The quantitative estimate of drug-likeness (QED) is 0.664. The van der Waals surface area contributed by atoms with Crippen LogP contribution in [0.1, 0.15) is 85.5 Å². The van der Waals surface area contributed by atoms with E-state index in [1.54, 1.807) is 0 Å². The molecule has 0 aromatic carbocycles. The number of carbonyl (C=O) groups is 2. The third-order valence-electron chi connectivity index (χ3n) is 10.0. The van der Waals surface area contributed by atoms with Crippen LogP contribution in [0.15, 0.2) is 0 Å². The monoisotopic (exact) mass is 390 g/mol. The van der Waals surface area contributed by atoms with E-state index in [2.05, 4.69) is 13.8 Å². The molecule has 0 spiro atoms. The van der Waals surface area contributed by atoms with E-state index < -0.39 is 5.97 Å². The maximum Gasteiger partial charge on any atom is 0.306 e. The Balaban J connectivity index is 1.52. The van der Waals surface area contributed by atoms with Gasteiger partial charge in [-0.05, 0) is 98.2 Å². The van der Waals surface area contributed by atoms with Crippen LogP contribution in [0.5, 0.6) is 0 Å². The molecular formula is C24H38O4. The van der Waals surface area contributed by atoms with Crippen LogP contribution < -0.4 is 0 Å². The summed E-state index contributed by atoms with van der Waals surface area (Å²) in [6.45, 7) is 8.40. The van der Waals surface area contributed by atoms with Gasteiger partial charge in [0.1, 0.15) is 6.10 Å². The lowest BCUT2D eigenvalue weighted by Gasteiger charge is -2.61. The van der Waals surface area contributed by atoms with Crippen molar-refractivity contribution in [2.24, 2.45) is 46.3 Å². The molecular weight excluding hydrogens is 352 g/mol. The van der Waals surface area contributed by atoms with Crippen molar-refractivity contribution in [3.63, 3.8) is 0 Å². The van der Waals surface area contributed by atoms with Crippen molar-refractivity contribution in [1.29, 1.82) is 0 Å². The zero-order chi connectivity index (χ0) is 20.3. The Labute approximate surface area is 169 Å². The summed E-state index contributed by atoms with van der Waals surface area (Å²) in [7, 11) is 0. The van der Waals surface area contributed by atoms with Gasteiger partial charge in [0.05, 0.1) is 5.92 Å². The molecule has 0 heterocycles. The van der Waals surface area contributed by atoms with Gasteiger partial charge in [0.25, 0.3) is 0 Å². The molecule has 0 bridgehead atoms. The van der Waals surface area contributed by atoms with E-state index in [9.17, 15) is 14.7 Å². The Kier molecular flexibility index (Phi) is 5.07. The molecule has 4 nitrogen and oxygen atoms in total. The Morgan fingerprint density at radius 1 is 0.964 bits per heavy atom. The second-order valence-corrected chi connectivity index (χ2v) is 11.0. The molecule has 1 N–H and O–H groups in total. The van der Waals surface area contributed by atoms with Crippen molar-refractivity contribution in [3.05, 3.63) is 0 Å². The van der Waals surface area contributed by atoms with Gasteiger partial charge in [-0.3, -0.25) is 9.59 Å². The molecule has 0 aromatic rings. The Morgan fingerprint density at radius 2 is 1.64 bits per heavy atom. The maximum atomic E-state index is 11.7. The molecule has 4 aliphatic carbocycles. The maximum absolute atomic E-state index is 11.7. The van der Waals surface area contributed by atoms with E-state index in [1.807, 2.05) is 6.92 Å². The molecule has 0 aromatic heterocycles. The van der Waals surface area contributed by atoms with Gasteiger partial charge < -0.3 is 9.84 Å². The Hall–Kier alpha value is -1.06. The first-order valence-electron chi connectivity index (χ1n) is 11.6. The molecule has 0 unspecified atom stereocenters. The lowest BCUT2D eigenvalue weighted by molar-refractivity contribution is -0.161.